The van der Waals surface area contributed by atoms with Gasteiger partial charge in [0.25, 0.3) is 0 Å². The molecule has 5 nitrogen and oxygen atoms in total. The molecular weight excluding hydrogens is 314 g/mol. The zero-order valence-electron chi connectivity index (χ0n) is 15.2. The highest BCUT2D eigenvalue weighted by Gasteiger charge is 2.35. The molecule has 0 spiro atoms. The largest absolute Gasteiger partial charge is 0.335 e. The van der Waals surface area contributed by atoms with Crippen LogP contribution in [0.3, 0.4) is 0 Å². The SMILES string of the molecule is CC(=O)N1CCCC1C(=O)N(CCN1CCCC1)Cc1ccccc1. The van der Waals surface area contributed by atoms with Gasteiger partial charge in [-0.2, -0.15) is 0 Å². The number of rotatable bonds is 6. The lowest BCUT2D eigenvalue weighted by Crippen LogP contribution is -2.48. The molecule has 2 heterocycles. The molecule has 1 unspecified atom stereocenters. The molecule has 2 aliphatic rings. The maximum atomic E-state index is 13.2. The zero-order chi connectivity index (χ0) is 17.6. The van der Waals surface area contributed by atoms with Gasteiger partial charge in [0.15, 0.2) is 0 Å². The molecular formula is C20H29N3O2. The van der Waals surface area contributed by atoms with E-state index >= 15 is 0 Å². The van der Waals surface area contributed by atoms with Crippen molar-refractivity contribution in [3.63, 3.8) is 0 Å². The smallest absolute Gasteiger partial charge is 0.245 e. The van der Waals surface area contributed by atoms with Gasteiger partial charge in [-0.05, 0) is 44.3 Å². The summed E-state index contributed by atoms with van der Waals surface area (Å²) >= 11 is 0. The van der Waals surface area contributed by atoms with Gasteiger partial charge in [0, 0.05) is 33.1 Å². The fourth-order valence-electron chi connectivity index (χ4n) is 3.95. The minimum absolute atomic E-state index is 0.00931. The van der Waals surface area contributed by atoms with Gasteiger partial charge in [0.2, 0.25) is 11.8 Å². The van der Waals surface area contributed by atoms with E-state index in [0.29, 0.717) is 13.1 Å². The van der Waals surface area contributed by atoms with Crippen molar-refractivity contribution in [1.82, 2.24) is 14.7 Å². The van der Waals surface area contributed by atoms with Gasteiger partial charge in [0.05, 0.1) is 0 Å². The molecule has 2 aliphatic heterocycles. The van der Waals surface area contributed by atoms with Gasteiger partial charge in [-0.25, -0.2) is 0 Å². The molecule has 136 valence electrons. The van der Waals surface area contributed by atoms with Crippen LogP contribution in [0.2, 0.25) is 0 Å². The minimum Gasteiger partial charge on any atom is -0.335 e. The van der Waals surface area contributed by atoms with Crippen molar-refractivity contribution in [3.8, 4) is 0 Å². The summed E-state index contributed by atoms with van der Waals surface area (Å²) in [5, 5.41) is 0. The average Bonchev–Trinajstić information content (AvgIpc) is 3.30. The Morgan fingerprint density at radius 2 is 1.80 bits per heavy atom. The van der Waals surface area contributed by atoms with Crippen molar-refractivity contribution in [1.29, 1.82) is 0 Å². The number of carbonyl (C=O) groups is 2. The van der Waals surface area contributed by atoms with Crippen molar-refractivity contribution >= 4 is 11.8 Å². The van der Waals surface area contributed by atoms with Crippen molar-refractivity contribution in [3.05, 3.63) is 35.9 Å². The zero-order valence-corrected chi connectivity index (χ0v) is 15.2. The Hall–Kier alpha value is -1.88. The summed E-state index contributed by atoms with van der Waals surface area (Å²) in [5.41, 5.74) is 1.14. The number of hydrogen-bond acceptors (Lipinski definition) is 3. The summed E-state index contributed by atoms with van der Waals surface area (Å²) in [4.78, 5) is 31.2. The Labute approximate surface area is 150 Å². The second-order valence-electron chi connectivity index (χ2n) is 7.16. The third-order valence-electron chi connectivity index (χ3n) is 5.36. The number of benzene rings is 1. The van der Waals surface area contributed by atoms with E-state index in [2.05, 4.69) is 17.0 Å². The molecule has 3 rings (SSSR count). The molecule has 25 heavy (non-hydrogen) atoms. The van der Waals surface area contributed by atoms with Crippen molar-refractivity contribution < 1.29 is 9.59 Å². The molecule has 2 fully saturated rings. The molecule has 0 aromatic heterocycles. The maximum absolute atomic E-state index is 13.2. The first kappa shape index (κ1) is 17.9. The second kappa shape index (κ2) is 8.48. The fraction of sp³-hybridized carbons (Fsp3) is 0.600. The highest BCUT2D eigenvalue weighted by Crippen LogP contribution is 2.21. The number of hydrogen-bond donors (Lipinski definition) is 0. The van der Waals surface area contributed by atoms with E-state index in [1.165, 1.54) is 12.8 Å². The van der Waals surface area contributed by atoms with Gasteiger partial charge in [0.1, 0.15) is 6.04 Å². The molecule has 0 N–H and O–H groups in total. The van der Waals surface area contributed by atoms with Crippen molar-refractivity contribution in [2.45, 2.75) is 45.2 Å². The highest BCUT2D eigenvalue weighted by atomic mass is 16.2. The van der Waals surface area contributed by atoms with E-state index in [1.807, 2.05) is 23.1 Å². The predicted molar refractivity (Wildman–Crippen MR) is 97.9 cm³/mol. The first-order valence-electron chi connectivity index (χ1n) is 9.47. The molecule has 0 aliphatic carbocycles. The second-order valence-corrected chi connectivity index (χ2v) is 7.16. The van der Waals surface area contributed by atoms with Crippen LogP contribution in [-0.2, 0) is 16.1 Å². The minimum atomic E-state index is -0.278. The lowest BCUT2D eigenvalue weighted by molar-refractivity contribution is -0.143. The topological polar surface area (TPSA) is 43.9 Å². The fourth-order valence-corrected chi connectivity index (χ4v) is 3.95. The monoisotopic (exact) mass is 343 g/mol. The van der Waals surface area contributed by atoms with Crippen LogP contribution in [0.5, 0.6) is 0 Å². The van der Waals surface area contributed by atoms with Gasteiger partial charge in [-0.3, -0.25) is 9.59 Å². The van der Waals surface area contributed by atoms with Crippen LogP contribution < -0.4 is 0 Å². The Kier molecular flexibility index (Phi) is 6.08. The Morgan fingerprint density at radius 1 is 1.08 bits per heavy atom. The van der Waals surface area contributed by atoms with Crippen molar-refractivity contribution in [2.24, 2.45) is 0 Å². The van der Waals surface area contributed by atoms with Crippen LogP contribution >= 0.6 is 0 Å². The van der Waals surface area contributed by atoms with E-state index in [1.54, 1.807) is 11.8 Å². The molecule has 1 aromatic carbocycles. The number of amides is 2. The normalized spacial score (nSPS) is 20.8. The Morgan fingerprint density at radius 3 is 2.48 bits per heavy atom. The molecule has 0 saturated carbocycles. The summed E-state index contributed by atoms with van der Waals surface area (Å²) in [7, 11) is 0. The average molecular weight is 343 g/mol. The van der Waals surface area contributed by atoms with Crippen LogP contribution in [0.1, 0.15) is 38.2 Å². The van der Waals surface area contributed by atoms with Crippen LogP contribution in [0.4, 0.5) is 0 Å². The predicted octanol–water partition coefficient (Wildman–Crippen LogP) is 2.12. The first-order valence-corrected chi connectivity index (χ1v) is 9.47. The van der Waals surface area contributed by atoms with Crippen LogP contribution in [0, 0.1) is 0 Å². The Balaban J connectivity index is 1.69. The van der Waals surface area contributed by atoms with Crippen molar-refractivity contribution in [2.75, 3.05) is 32.7 Å². The Bertz CT molecular complexity index is 584. The molecule has 2 amide bonds. The van der Waals surface area contributed by atoms with Crippen LogP contribution in [0.15, 0.2) is 30.3 Å². The van der Waals surface area contributed by atoms with Crippen LogP contribution in [-0.4, -0.2) is 65.3 Å². The molecule has 0 bridgehead atoms. The molecule has 1 aromatic rings. The molecule has 2 saturated heterocycles. The van der Waals surface area contributed by atoms with Crippen LogP contribution in [0.25, 0.3) is 0 Å². The van der Waals surface area contributed by atoms with E-state index in [9.17, 15) is 9.59 Å². The lowest BCUT2D eigenvalue weighted by Gasteiger charge is -2.31. The van der Waals surface area contributed by atoms with Gasteiger partial charge < -0.3 is 14.7 Å². The molecule has 1 atom stereocenters. The summed E-state index contributed by atoms with van der Waals surface area (Å²) in [6, 6.07) is 9.86. The maximum Gasteiger partial charge on any atom is 0.245 e. The van der Waals surface area contributed by atoms with E-state index in [-0.39, 0.29) is 17.9 Å². The first-order chi connectivity index (χ1) is 12.1. The van der Waals surface area contributed by atoms with Gasteiger partial charge >= 0.3 is 0 Å². The van der Waals surface area contributed by atoms with Gasteiger partial charge in [-0.1, -0.05) is 30.3 Å². The van der Waals surface area contributed by atoms with E-state index in [4.69, 9.17) is 0 Å². The summed E-state index contributed by atoms with van der Waals surface area (Å²) < 4.78 is 0. The third-order valence-corrected chi connectivity index (χ3v) is 5.36. The summed E-state index contributed by atoms with van der Waals surface area (Å²) in [6.45, 7) is 6.82. The van der Waals surface area contributed by atoms with E-state index < -0.39 is 0 Å². The van der Waals surface area contributed by atoms with Gasteiger partial charge in [-0.15, -0.1) is 0 Å². The molecule has 5 heteroatoms. The molecule has 0 radical (unpaired) electrons. The summed E-state index contributed by atoms with van der Waals surface area (Å²) in [5.74, 6) is 0.116. The number of carbonyl (C=O) groups excluding carboxylic acids is 2. The highest BCUT2D eigenvalue weighted by molar-refractivity contribution is 5.87. The third kappa shape index (κ3) is 4.60. The number of nitrogens with zero attached hydrogens (tertiary/aromatic N) is 3. The lowest BCUT2D eigenvalue weighted by atomic mass is 10.1. The standard InChI is InChI=1S/C20H29N3O2/c1-17(24)23-13-7-10-19(23)20(25)22(15-14-21-11-5-6-12-21)16-18-8-3-2-4-9-18/h2-4,8-9,19H,5-7,10-16H2,1H3. The summed E-state index contributed by atoms with van der Waals surface area (Å²) in [6.07, 6.45) is 4.22. The van der Waals surface area contributed by atoms with E-state index in [0.717, 1.165) is 44.6 Å². The number of likely N-dealkylation sites (tertiary alicyclic amines) is 2. The quantitative estimate of drug-likeness (QED) is 0.795.